The molecule has 0 unspecified atom stereocenters. The third-order valence-electron chi connectivity index (χ3n) is 6.69. The Labute approximate surface area is 196 Å². The number of amides is 1. The standard InChI is InChI=1S/C25H25N7O2/c1-15-24-28-14-21(32(24)11-8-26-15)18-3-4-20(23-19(18)13-29-25(23)34)30-22-5-2-16(12-27-22)31-9-6-17(33)7-10-31/h2-5,8,11-12,14,17,33H,6-7,9-10,13H2,1H3,(H,27,30)(H,29,34). The second-order valence-electron chi connectivity index (χ2n) is 8.79. The predicted molar refractivity (Wildman–Crippen MR) is 129 cm³/mol. The number of piperidine rings is 1. The van der Waals surface area contributed by atoms with Crippen LogP contribution in [-0.2, 0) is 6.54 Å². The third-order valence-corrected chi connectivity index (χ3v) is 6.69. The number of rotatable bonds is 4. The van der Waals surface area contributed by atoms with E-state index in [2.05, 4.69) is 30.5 Å². The number of hydrogen-bond donors (Lipinski definition) is 3. The molecule has 1 amide bonds. The number of carbonyl (C=O) groups excluding carboxylic acids is 1. The molecule has 9 heteroatoms. The summed E-state index contributed by atoms with van der Waals surface area (Å²) in [7, 11) is 0. The zero-order chi connectivity index (χ0) is 23.2. The SMILES string of the molecule is Cc1nccn2c(-c3ccc(Nc4ccc(N5CCC(O)CC5)cn4)c4c3CNC4=O)cnc12. The van der Waals surface area contributed by atoms with Gasteiger partial charge in [0.25, 0.3) is 5.91 Å². The maximum atomic E-state index is 12.8. The first-order valence-electron chi connectivity index (χ1n) is 11.5. The molecule has 2 aliphatic rings. The maximum Gasteiger partial charge on any atom is 0.254 e. The number of aromatic nitrogens is 4. The number of pyridine rings is 1. The number of benzene rings is 1. The largest absolute Gasteiger partial charge is 0.393 e. The molecule has 0 spiro atoms. The van der Waals surface area contributed by atoms with Crippen molar-refractivity contribution in [1.29, 1.82) is 0 Å². The smallest absolute Gasteiger partial charge is 0.254 e. The normalized spacial score (nSPS) is 16.1. The summed E-state index contributed by atoms with van der Waals surface area (Å²) >= 11 is 0. The van der Waals surface area contributed by atoms with Crippen molar-refractivity contribution < 1.29 is 9.90 Å². The molecule has 0 radical (unpaired) electrons. The number of nitrogens with one attached hydrogen (secondary N) is 2. The van der Waals surface area contributed by atoms with Crippen LogP contribution < -0.4 is 15.5 Å². The van der Waals surface area contributed by atoms with Crippen molar-refractivity contribution in [3.05, 3.63) is 65.9 Å². The highest BCUT2D eigenvalue weighted by Gasteiger charge is 2.27. The Hall–Kier alpha value is -3.98. The van der Waals surface area contributed by atoms with Crippen LogP contribution in [0.3, 0.4) is 0 Å². The summed E-state index contributed by atoms with van der Waals surface area (Å²) in [4.78, 5) is 28.4. The summed E-state index contributed by atoms with van der Waals surface area (Å²) in [6, 6.07) is 7.90. The summed E-state index contributed by atoms with van der Waals surface area (Å²) < 4.78 is 2.01. The summed E-state index contributed by atoms with van der Waals surface area (Å²) in [6.45, 7) is 4.04. The molecule has 6 rings (SSSR count). The Kier molecular flexibility index (Phi) is 4.91. The minimum atomic E-state index is -0.206. The Bertz CT molecular complexity index is 1390. The first kappa shape index (κ1) is 20.6. The van der Waals surface area contributed by atoms with Gasteiger partial charge < -0.3 is 20.6 Å². The van der Waals surface area contributed by atoms with E-state index < -0.39 is 0 Å². The Morgan fingerprint density at radius 3 is 2.74 bits per heavy atom. The van der Waals surface area contributed by atoms with E-state index >= 15 is 0 Å². The van der Waals surface area contributed by atoms with Crippen LogP contribution in [-0.4, -0.2) is 49.6 Å². The van der Waals surface area contributed by atoms with Crippen molar-refractivity contribution in [2.45, 2.75) is 32.4 Å². The molecule has 1 saturated heterocycles. The van der Waals surface area contributed by atoms with Crippen molar-refractivity contribution in [2.75, 3.05) is 23.3 Å². The van der Waals surface area contributed by atoms with Gasteiger partial charge in [-0.3, -0.25) is 14.2 Å². The number of hydrogen-bond acceptors (Lipinski definition) is 7. The summed E-state index contributed by atoms with van der Waals surface area (Å²) in [5, 5.41) is 16.0. The monoisotopic (exact) mass is 455 g/mol. The molecule has 0 saturated carbocycles. The number of fused-ring (bicyclic) bond motifs is 2. The molecule has 34 heavy (non-hydrogen) atoms. The van der Waals surface area contributed by atoms with Crippen molar-refractivity contribution in [1.82, 2.24) is 24.7 Å². The molecule has 5 heterocycles. The van der Waals surface area contributed by atoms with Gasteiger partial charge in [-0.15, -0.1) is 0 Å². The first-order valence-corrected chi connectivity index (χ1v) is 11.5. The number of aryl methyl sites for hydroxylation is 1. The van der Waals surface area contributed by atoms with Gasteiger partial charge in [0.1, 0.15) is 5.82 Å². The van der Waals surface area contributed by atoms with E-state index in [1.54, 1.807) is 6.20 Å². The fraction of sp³-hybridized carbons (Fsp3) is 0.280. The van der Waals surface area contributed by atoms with E-state index in [1.807, 2.05) is 54.2 Å². The van der Waals surface area contributed by atoms with E-state index in [0.717, 1.165) is 65.5 Å². The average molecular weight is 456 g/mol. The number of aliphatic hydroxyl groups is 1. The molecule has 0 atom stereocenters. The molecular weight excluding hydrogens is 430 g/mol. The number of aliphatic hydroxyl groups excluding tert-OH is 1. The second kappa shape index (κ2) is 8.11. The van der Waals surface area contributed by atoms with E-state index in [-0.39, 0.29) is 12.0 Å². The molecule has 1 aromatic carbocycles. The van der Waals surface area contributed by atoms with E-state index in [9.17, 15) is 9.90 Å². The first-order chi connectivity index (χ1) is 16.6. The fourth-order valence-corrected chi connectivity index (χ4v) is 4.85. The highest BCUT2D eigenvalue weighted by atomic mass is 16.3. The molecule has 3 aromatic heterocycles. The van der Waals surface area contributed by atoms with Gasteiger partial charge in [0.15, 0.2) is 5.65 Å². The zero-order valence-corrected chi connectivity index (χ0v) is 18.8. The molecule has 0 aliphatic carbocycles. The highest BCUT2D eigenvalue weighted by Crippen LogP contribution is 2.35. The van der Waals surface area contributed by atoms with Gasteiger partial charge in [0, 0.05) is 37.6 Å². The third kappa shape index (κ3) is 3.45. The lowest BCUT2D eigenvalue weighted by molar-refractivity contribution is 0.0966. The Morgan fingerprint density at radius 1 is 1.09 bits per heavy atom. The summed E-state index contributed by atoms with van der Waals surface area (Å²) in [6.07, 6.45) is 8.66. The molecule has 4 aromatic rings. The van der Waals surface area contributed by atoms with Crippen LogP contribution in [0, 0.1) is 6.92 Å². The predicted octanol–water partition coefficient (Wildman–Crippen LogP) is 3.05. The van der Waals surface area contributed by atoms with Crippen molar-refractivity contribution in [3.63, 3.8) is 0 Å². The molecule has 172 valence electrons. The number of imidazole rings is 1. The van der Waals surface area contributed by atoms with Crippen molar-refractivity contribution in [3.8, 4) is 11.3 Å². The van der Waals surface area contributed by atoms with Gasteiger partial charge in [-0.25, -0.2) is 9.97 Å². The lowest BCUT2D eigenvalue weighted by Crippen LogP contribution is -2.35. The van der Waals surface area contributed by atoms with Gasteiger partial charge in [-0.05, 0) is 43.5 Å². The maximum absolute atomic E-state index is 12.8. The lowest BCUT2D eigenvalue weighted by atomic mass is 9.99. The summed E-state index contributed by atoms with van der Waals surface area (Å²) in [5.74, 6) is 0.571. The van der Waals surface area contributed by atoms with E-state index in [1.165, 1.54) is 0 Å². The summed E-state index contributed by atoms with van der Waals surface area (Å²) in [5.41, 5.74) is 6.88. The van der Waals surface area contributed by atoms with Crippen LogP contribution in [0.25, 0.3) is 16.9 Å². The Morgan fingerprint density at radius 2 is 1.94 bits per heavy atom. The highest BCUT2D eigenvalue weighted by molar-refractivity contribution is 6.06. The van der Waals surface area contributed by atoms with E-state index in [0.29, 0.717) is 17.9 Å². The second-order valence-corrected chi connectivity index (χ2v) is 8.79. The van der Waals surface area contributed by atoms with Gasteiger partial charge >= 0.3 is 0 Å². The van der Waals surface area contributed by atoms with Crippen molar-refractivity contribution >= 4 is 28.7 Å². The van der Waals surface area contributed by atoms with Gasteiger partial charge in [0.2, 0.25) is 0 Å². The van der Waals surface area contributed by atoms with Crippen LogP contribution in [0.4, 0.5) is 17.2 Å². The molecule has 0 bridgehead atoms. The minimum Gasteiger partial charge on any atom is -0.393 e. The van der Waals surface area contributed by atoms with Crippen LogP contribution in [0.15, 0.2) is 49.1 Å². The van der Waals surface area contributed by atoms with Crippen LogP contribution in [0.5, 0.6) is 0 Å². The quantitative estimate of drug-likeness (QED) is 0.434. The minimum absolute atomic E-state index is 0.102. The van der Waals surface area contributed by atoms with Crippen LogP contribution >= 0.6 is 0 Å². The molecule has 9 nitrogen and oxygen atoms in total. The van der Waals surface area contributed by atoms with E-state index in [4.69, 9.17) is 0 Å². The molecule has 3 N–H and O–H groups in total. The van der Waals surface area contributed by atoms with Gasteiger partial charge in [-0.1, -0.05) is 6.07 Å². The molecular formula is C25H25N7O2. The number of nitrogens with zero attached hydrogens (tertiary/aromatic N) is 5. The zero-order valence-electron chi connectivity index (χ0n) is 18.8. The van der Waals surface area contributed by atoms with Crippen LogP contribution in [0.1, 0.15) is 34.5 Å². The van der Waals surface area contributed by atoms with Crippen LogP contribution in [0.2, 0.25) is 0 Å². The topological polar surface area (TPSA) is 108 Å². The van der Waals surface area contributed by atoms with Gasteiger partial charge in [0.05, 0.1) is 46.8 Å². The lowest BCUT2D eigenvalue weighted by Gasteiger charge is -2.31. The number of carbonyl (C=O) groups is 1. The average Bonchev–Trinajstić information content (AvgIpc) is 3.46. The Balaban J connectivity index is 1.31. The molecule has 1 fully saturated rings. The number of anilines is 3. The fourth-order valence-electron chi connectivity index (χ4n) is 4.85. The molecule has 2 aliphatic heterocycles. The van der Waals surface area contributed by atoms with Crippen molar-refractivity contribution in [2.24, 2.45) is 0 Å². The van der Waals surface area contributed by atoms with Gasteiger partial charge in [-0.2, -0.15) is 0 Å².